The summed E-state index contributed by atoms with van der Waals surface area (Å²) in [6, 6.07) is -2.52. The molecule has 0 aromatic rings. The van der Waals surface area contributed by atoms with Crippen LogP contribution in [0.2, 0.25) is 0 Å². The number of carbonyl (C=O) groups is 2. The first-order valence-corrected chi connectivity index (χ1v) is 16.8. The first-order valence-electron chi connectivity index (χ1n) is 13.8. The number of nitrogens with one attached hydrogen (secondary N) is 3. The normalized spacial score (nSPS) is 36.3. The van der Waals surface area contributed by atoms with Crippen molar-refractivity contribution in [1.82, 2.24) is 20.9 Å². The first kappa shape index (κ1) is 37.8. The van der Waals surface area contributed by atoms with Crippen LogP contribution in [0.15, 0.2) is 12.3 Å². The van der Waals surface area contributed by atoms with E-state index < -0.39 is 109 Å². The molecular weight excluding hydrogens is 654 g/mol. The predicted molar refractivity (Wildman–Crippen MR) is 146 cm³/mol. The summed E-state index contributed by atoms with van der Waals surface area (Å²) < 4.78 is 49.6. The molecule has 0 aromatic carbocycles. The number of hydrogen-bond donors (Lipinski definition) is 11. The molecule has 2 saturated heterocycles. The fourth-order valence-corrected chi connectivity index (χ4v) is 6.81. The Morgan fingerprint density at radius 1 is 1.02 bits per heavy atom. The number of rotatable bonds is 16. The molecular formula is C22H40N4O17P2. The van der Waals surface area contributed by atoms with Gasteiger partial charge < -0.3 is 65.9 Å². The van der Waals surface area contributed by atoms with E-state index in [1.54, 1.807) is 7.05 Å². The molecule has 0 spiro atoms. The zero-order valence-electron chi connectivity index (χ0n) is 24.0. The minimum Gasteiger partial charge on any atom is -0.394 e. The Labute approximate surface area is 256 Å². The maximum atomic E-state index is 12.7. The monoisotopic (exact) mass is 694 g/mol. The van der Waals surface area contributed by atoms with Crippen LogP contribution in [0, 0.1) is 0 Å². The van der Waals surface area contributed by atoms with Gasteiger partial charge in [0.1, 0.15) is 42.8 Å². The van der Waals surface area contributed by atoms with Crippen molar-refractivity contribution in [2.24, 2.45) is 0 Å². The topological polar surface area (TPSA) is 316 Å². The third kappa shape index (κ3) is 10.4. The summed E-state index contributed by atoms with van der Waals surface area (Å²) in [7, 11) is -9.29. The summed E-state index contributed by atoms with van der Waals surface area (Å²) in [4.78, 5) is 45.6. The molecule has 23 heteroatoms. The van der Waals surface area contributed by atoms with Crippen molar-refractivity contribution in [2.75, 3.05) is 26.8 Å². The number of carbonyl (C=O) groups excluding carboxylic acids is 2. The van der Waals surface area contributed by atoms with Crippen molar-refractivity contribution in [1.29, 1.82) is 0 Å². The summed E-state index contributed by atoms with van der Waals surface area (Å²) in [5.41, 5.74) is 0. The molecule has 21 nitrogen and oxygen atoms in total. The average Bonchev–Trinajstić information content (AvgIpc) is 3.22. The molecule has 3 heterocycles. The highest BCUT2D eigenvalue weighted by atomic mass is 31.3. The highest BCUT2D eigenvalue weighted by Gasteiger charge is 2.50. The summed E-state index contributed by atoms with van der Waals surface area (Å²) in [5, 5.41) is 67.6. The predicted octanol–water partition coefficient (Wildman–Crippen LogP) is -3.76. The van der Waals surface area contributed by atoms with Crippen molar-refractivity contribution in [3.8, 4) is 0 Å². The Bertz CT molecular complexity index is 1140. The number of unbranched alkanes of at least 4 members (excludes halogenated alkanes) is 1. The molecule has 0 saturated carbocycles. The zero-order valence-corrected chi connectivity index (χ0v) is 25.8. The summed E-state index contributed by atoms with van der Waals surface area (Å²) in [6.45, 7) is -1.01. The van der Waals surface area contributed by atoms with Gasteiger partial charge in [0.2, 0.25) is 5.91 Å². The number of aliphatic hydroxyl groups is 6. The minimum atomic E-state index is -5.60. The fourth-order valence-electron chi connectivity index (χ4n) is 4.65. The standard InChI is InChI=1S/C22H40N4O17P2/c1-23-7-3-2-4-13(28)24-15-18(32)17(31)12(10-27)41-21(15)42-45(37,38)43-44(35,36)39-9-6-11-16(30)19(33)20(40-11)26-8-5-14(29)25-22(26)34/h5,8,11-12,14-21,23,27,29-33H,2-4,6-7,9-10H2,1H3,(H,24,28)(H,25,34)(H,35,36)(H,37,38)/t11?,12?,14?,15?,16?,17-,18+,19?,20?,21+/m0/s1. The summed E-state index contributed by atoms with van der Waals surface area (Å²) >= 11 is 0. The van der Waals surface area contributed by atoms with E-state index in [0.717, 1.165) is 11.1 Å². The molecule has 3 aliphatic rings. The molecule has 0 aromatic heterocycles. The van der Waals surface area contributed by atoms with Gasteiger partial charge in [-0.3, -0.25) is 18.7 Å². The van der Waals surface area contributed by atoms with Gasteiger partial charge in [0.15, 0.2) is 12.5 Å². The van der Waals surface area contributed by atoms with E-state index in [1.807, 2.05) is 0 Å². The van der Waals surface area contributed by atoms with Crippen LogP contribution in [0.3, 0.4) is 0 Å². The third-order valence-corrected chi connectivity index (χ3v) is 9.57. The molecule has 45 heavy (non-hydrogen) atoms. The number of phosphoric acid groups is 2. The van der Waals surface area contributed by atoms with Crippen molar-refractivity contribution in [3.63, 3.8) is 0 Å². The van der Waals surface area contributed by atoms with E-state index >= 15 is 0 Å². The number of hydrogen-bond acceptors (Lipinski definition) is 16. The fraction of sp³-hybridized carbons (Fsp3) is 0.818. The second-order valence-corrected chi connectivity index (χ2v) is 13.3. The van der Waals surface area contributed by atoms with E-state index in [9.17, 15) is 59.1 Å². The molecule has 0 bridgehead atoms. The van der Waals surface area contributed by atoms with E-state index in [0.29, 0.717) is 19.4 Å². The van der Waals surface area contributed by atoms with Crippen LogP contribution in [-0.4, -0.2) is 145 Å². The quantitative estimate of drug-likeness (QED) is 0.0546. The van der Waals surface area contributed by atoms with Crippen LogP contribution in [0.5, 0.6) is 0 Å². The van der Waals surface area contributed by atoms with Gasteiger partial charge in [-0.25, -0.2) is 13.9 Å². The van der Waals surface area contributed by atoms with Gasteiger partial charge in [0.25, 0.3) is 0 Å². The van der Waals surface area contributed by atoms with Crippen molar-refractivity contribution >= 4 is 27.6 Å². The Morgan fingerprint density at radius 2 is 1.71 bits per heavy atom. The van der Waals surface area contributed by atoms with Gasteiger partial charge in [-0.15, -0.1) is 0 Å². The number of aliphatic hydroxyl groups excluding tert-OH is 6. The Morgan fingerprint density at radius 3 is 2.36 bits per heavy atom. The van der Waals surface area contributed by atoms with Gasteiger partial charge in [0.05, 0.1) is 19.3 Å². The van der Waals surface area contributed by atoms with Gasteiger partial charge in [-0.2, -0.15) is 4.31 Å². The zero-order chi connectivity index (χ0) is 33.5. The molecule has 2 fully saturated rings. The largest absolute Gasteiger partial charge is 0.483 e. The molecule has 11 N–H and O–H groups in total. The van der Waals surface area contributed by atoms with E-state index in [-0.39, 0.29) is 6.42 Å². The average molecular weight is 695 g/mol. The maximum absolute atomic E-state index is 12.7. The molecule has 0 aliphatic carbocycles. The van der Waals surface area contributed by atoms with Crippen molar-refractivity contribution in [3.05, 3.63) is 12.3 Å². The van der Waals surface area contributed by atoms with Crippen LogP contribution >= 0.6 is 15.6 Å². The second-order valence-electron chi connectivity index (χ2n) is 10.3. The van der Waals surface area contributed by atoms with E-state index in [2.05, 4.69) is 24.8 Å². The number of urea groups is 1. The highest BCUT2D eigenvalue weighted by Crippen LogP contribution is 2.61. The number of phosphoric ester groups is 2. The van der Waals surface area contributed by atoms with Gasteiger partial charge in [-0.05, 0) is 32.5 Å². The molecule has 0 radical (unpaired) electrons. The summed E-state index contributed by atoms with van der Waals surface area (Å²) in [6.07, 6.45) is -11.5. The molecule has 3 amide bonds. The lowest BCUT2D eigenvalue weighted by Crippen LogP contribution is -2.64. The first-order chi connectivity index (χ1) is 21.1. The maximum Gasteiger partial charge on any atom is 0.483 e. The molecule has 3 rings (SSSR count). The summed E-state index contributed by atoms with van der Waals surface area (Å²) in [5.74, 6) is -0.648. The highest BCUT2D eigenvalue weighted by molar-refractivity contribution is 7.61. The lowest BCUT2D eigenvalue weighted by molar-refractivity contribution is -0.248. The van der Waals surface area contributed by atoms with Crippen LogP contribution in [-0.2, 0) is 36.8 Å². The second kappa shape index (κ2) is 16.5. The van der Waals surface area contributed by atoms with Gasteiger partial charge in [-0.1, -0.05) is 0 Å². The molecule has 12 atom stereocenters. The van der Waals surface area contributed by atoms with Crippen molar-refractivity contribution < 1.29 is 82.0 Å². The lowest BCUT2D eigenvalue weighted by Gasteiger charge is -2.42. The SMILES string of the molecule is CNCCCCC(=O)NC1[C@@H](OP(=O)(O)OP(=O)(O)OCCC2OC(N3C=CC(O)NC3=O)C(O)C2O)OC(CO)[C@H](O)[C@@H]1O. The number of ether oxygens (including phenoxy) is 2. The van der Waals surface area contributed by atoms with Crippen LogP contribution in [0.4, 0.5) is 4.79 Å². The van der Waals surface area contributed by atoms with Gasteiger partial charge in [0, 0.05) is 19.0 Å². The Hall–Kier alpha value is -1.62. The van der Waals surface area contributed by atoms with E-state index in [1.165, 1.54) is 6.08 Å². The minimum absolute atomic E-state index is 0.0354. The lowest BCUT2D eigenvalue weighted by atomic mass is 9.97. The molecule has 9 unspecified atom stereocenters. The third-order valence-electron chi connectivity index (χ3n) is 6.94. The van der Waals surface area contributed by atoms with Gasteiger partial charge >= 0.3 is 21.7 Å². The van der Waals surface area contributed by atoms with Crippen LogP contribution in [0.25, 0.3) is 0 Å². The molecule has 3 aliphatic heterocycles. The van der Waals surface area contributed by atoms with Crippen LogP contribution in [0.1, 0.15) is 25.7 Å². The van der Waals surface area contributed by atoms with E-state index in [4.69, 9.17) is 14.0 Å². The smallest absolute Gasteiger partial charge is 0.394 e. The number of nitrogens with zero attached hydrogens (tertiary/aromatic N) is 1. The van der Waals surface area contributed by atoms with Crippen LogP contribution < -0.4 is 16.0 Å². The van der Waals surface area contributed by atoms with Crippen molar-refractivity contribution in [2.45, 2.75) is 87.1 Å². The molecule has 260 valence electrons. The number of amides is 3. The Kier molecular flexibility index (Phi) is 13.8. The Balaban J connectivity index is 1.57.